The normalized spacial score (nSPS) is 9.65. The summed E-state index contributed by atoms with van der Waals surface area (Å²) in [5.74, 6) is 0. The maximum Gasteiger partial charge on any atom is 0.144 e. The van der Waals surface area contributed by atoms with Gasteiger partial charge in [-0.3, -0.25) is 0 Å². The average Bonchev–Trinajstić information content (AvgIpc) is 3.40. The molecular formula is C50H45ClMo2O12P2Si-12. The Morgan fingerprint density at radius 1 is 0.294 bits per heavy atom. The molecule has 0 radical (unpaired) electrons. The van der Waals surface area contributed by atoms with Crippen molar-refractivity contribution in [3.8, 4) is 0 Å². The van der Waals surface area contributed by atoms with Gasteiger partial charge in [0.25, 0.3) is 0 Å². The number of hydrogen-bond acceptors (Lipinski definition) is 10. The maximum atomic E-state index is 9.92. The summed E-state index contributed by atoms with van der Waals surface area (Å²) in [7, 11) is -7.18. The third-order valence-electron chi connectivity index (χ3n) is 9.39. The second kappa shape index (κ2) is 38.8. The van der Waals surface area contributed by atoms with E-state index in [0.717, 1.165) is 6.55 Å². The van der Waals surface area contributed by atoms with Crippen LogP contribution in [-0.4, -0.2) is 14.1 Å². The van der Waals surface area contributed by atoms with Gasteiger partial charge in [-0.25, -0.2) is 0 Å². The van der Waals surface area contributed by atoms with Gasteiger partial charge in [-0.15, -0.1) is 20.2 Å². The van der Waals surface area contributed by atoms with Crippen molar-refractivity contribution in [3.63, 3.8) is 0 Å². The monoisotopic (exact) mass is 1160 g/mol. The van der Waals surface area contributed by atoms with Crippen LogP contribution in [0.25, 0.3) is 0 Å². The van der Waals surface area contributed by atoms with E-state index in [2.05, 4.69) is 243 Å². The van der Waals surface area contributed by atoms with E-state index in [9.17, 15) is 9.59 Å². The van der Waals surface area contributed by atoms with Gasteiger partial charge in [-0.1, -0.05) is 152 Å². The zero-order chi connectivity index (χ0) is 47.1. The van der Waals surface area contributed by atoms with Crippen molar-refractivity contribution in [2.24, 2.45) is 0 Å². The Balaban J connectivity index is -0.000000938. The number of halogens is 1. The fourth-order valence-electron chi connectivity index (χ4n) is 7.00. The number of hydrogen-bond donors (Lipinski definition) is 0. The standard InChI is InChI=1S/2C24H20P.C2H5ClO2Si.2Mo.4O2.2O/c2*1-5-13-21(14-6-1)25(22-15-7-2-8-16-22,23-17-9-3-10-18-23)24-19-11-4-12-20-24;1-6(4,5)2-3;;;4*1-2;;/h2*1-20H;2H2,1H3;;;;;;;;/q2*+1;-2;;;6*-2. The van der Waals surface area contributed by atoms with Crippen molar-refractivity contribution in [1.82, 2.24) is 0 Å². The molecule has 0 atom stereocenters. The van der Waals surface area contributed by atoms with Crippen molar-refractivity contribution in [2.45, 2.75) is 6.55 Å². The molecule has 0 bridgehead atoms. The van der Waals surface area contributed by atoms with Crippen LogP contribution >= 0.6 is 26.1 Å². The molecule has 0 N–H and O–H groups in total. The zero-order valence-corrected chi connectivity index (χ0v) is 43.8. The second-order valence-electron chi connectivity index (χ2n) is 13.3. The molecule has 362 valence electrons. The van der Waals surface area contributed by atoms with E-state index in [-0.39, 0.29) is 58.6 Å². The summed E-state index contributed by atoms with van der Waals surface area (Å²) in [6.45, 7) is 1.14. The quantitative estimate of drug-likeness (QED) is 0.0478. The first-order chi connectivity index (χ1) is 31.4. The van der Waals surface area contributed by atoms with Gasteiger partial charge in [0.05, 0.1) is 0 Å². The first kappa shape index (κ1) is 68.3. The minimum Gasteiger partial charge on any atom is -2.00 e. The van der Waals surface area contributed by atoms with E-state index in [1.54, 1.807) is 0 Å². The summed E-state index contributed by atoms with van der Waals surface area (Å²) in [5.41, 5.74) is -0.229. The molecular weight excluding hydrogens is 1110 g/mol. The van der Waals surface area contributed by atoms with Crippen molar-refractivity contribution < 1.29 is 105 Å². The smallest absolute Gasteiger partial charge is 0.144 e. The molecule has 0 unspecified atom stereocenters. The van der Waals surface area contributed by atoms with E-state index < -0.39 is 23.1 Å². The van der Waals surface area contributed by atoms with Gasteiger partial charge < -0.3 is 62.6 Å². The molecule has 8 rings (SSSR count). The summed E-state index contributed by atoms with van der Waals surface area (Å²) in [5, 5.41) is 67.1. The number of alkyl halides is 1. The molecule has 0 aromatic heterocycles. The Morgan fingerprint density at radius 2 is 0.382 bits per heavy atom. The van der Waals surface area contributed by atoms with Crippen LogP contribution in [0.5, 0.6) is 0 Å². The summed E-state index contributed by atoms with van der Waals surface area (Å²) in [4.78, 5) is 19.8. The van der Waals surface area contributed by atoms with E-state index in [0.29, 0.717) is 0 Å². The molecule has 0 spiro atoms. The van der Waals surface area contributed by atoms with E-state index in [1.165, 1.54) is 42.4 Å². The molecule has 0 saturated carbocycles. The van der Waals surface area contributed by atoms with Gasteiger partial charge in [-0.05, 0) is 103 Å². The van der Waals surface area contributed by atoms with Crippen LogP contribution in [0.3, 0.4) is 0 Å². The molecule has 12 nitrogen and oxygen atoms in total. The molecule has 0 aliphatic carbocycles. The van der Waals surface area contributed by atoms with E-state index in [4.69, 9.17) is 53.7 Å². The minimum absolute atomic E-state index is 0. The van der Waals surface area contributed by atoms with Crippen molar-refractivity contribution in [3.05, 3.63) is 243 Å². The molecule has 0 saturated heterocycles. The van der Waals surface area contributed by atoms with Crippen LogP contribution in [0.15, 0.2) is 243 Å². The second-order valence-corrected chi connectivity index (χ2v) is 23.4. The molecule has 0 heterocycles. The molecule has 0 fully saturated rings. The fourth-order valence-corrected chi connectivity index (χ4v) is 15.5. The minimum atomic E-state index is -3.37. The number of benzene rings is 8. The van der Waals surface area contributed by atoms with Crippen molar-refractivity contribution in [2.75, 3.05) is 5.50 Å². The van der Waals surface area contributed by atoms with Crippen LogP contribution < -0.4 is 94.1 Å². The van der Waals surface area contributed by atoms with Crippen molar-refractivity contribution in [1.29, 1.82) is 0 Å². The summed E-state index contributed by atoms with van der Waals surface area (Å²) in [6.07, 6.45) is 0. The van der Waals surface area contributed by atoms with Crippen LogP contribution in [-0.2, 0) is 53.1 Å². The first-order valence-electron chi connectivity index (χ1n) is 19.3. The number of rotatable bonds is 9. The Morgan fingerprint density at radius 3 is 0.456 bits per heavy atom. The summed E-state index contributed by atoms with van der Waals surface area (Å²) >= 11 is 4.91. The molecule has 0 aliphatic heterocycles. The van der Waals surface area contributed by atoms with Gasteiger partial charge in [0, 0.05) is 42.1 Å². The van der Waals surface area contributed by atoms with Gasteiger partial charge >= 0.3 is 0 Å². The largest absolute Gasteiger partial charge is 2.00 e. The Bertz CT molecular complexity index is 1850. The van der Waals surface area contributed by atoms with E-state index in [1.807, 2.05) is 0 Å². The third-order valence-corrected chi connectivity index (χ3v) is 19.9. The summed E-state index contributed by atoms with van der Waals surface area (Å²) in [6, 6.07) is 87.7. The third kappa shape index (κ3) is 18.7. The average molecular weight is 1160 g/mol. The molecule has 8 aromatic carbocycles. The predicted molar refractivity (Wildman–Crippen MR) is 246 cm³/mol. The molecule has 0 aliphatic rings. The van der Waals surface area contributed by atoms with Gasteiger partial charge in [0.2, 0.25) is 0 Å². The van der Waals surface area contributed by atoms with Crippen LogP contribution in [0.2, 0.25) is 6.55 Å². The topological polar surface area (TPSA) is 288 Å². The first-order valence-corrected chi connectivity index (χ1v) is 25.9. The van der Waals surface area contributed by atoms with Crippen molar-refractivity contribution >= 4 is 77.1 Å². The molecule has 0 amide bonds. The van der Waals surface area contributed by atoms with E-state index >= 15 is 0 Å². The predicted octanol–water partition coefficient (Wildman–Crippen LogP) is -2.59. The fraction of sp³-hybridized carbons (Fsp3) is 0.0400. The Labute approximate surface area is 433 Å². The SMILES string of the molecule is C[Si]([O-])([O-])CCl.[Mo].[Mo].[O-2].[O-2].[O-][O-].[O-][O-].[O-][O-].[O-][O-].c1ccc([P+](c2ccccc2)(c2ccccc2)c2ccccc2)cc1.c1ccc([P+](c2ccccc2)(c2ccccc2)c2ccccc2)cc1. The zero-order valence-electron chi connectivity index (χ0n) is 36.3. The van der Waals surface area contributed by atoms with Crippen LogP contribution in [0, 0.1) is 0 Å². The van der Waals surface area contributed by atoms with Crippen LogP contribution in [0.1, 0.15) is 0 Å². The Hall–Kier alpha value is -3.98. The van der Waals surface area contributed by atoms with Gasteiger partial charge in [0.1, 0.15) is 57.0 Å². The summed E-state index contributed by atoms with van der Waals surface area (Å²) < 4.78 is 0. The Kier molecular flexibility index (Phi) is 39.0. The van der Waals surface area contributed by atoms with Crippen LogP contribution in [0.4, 0.5) is 0 Å². The van der Waals surface area contributed by atoms with Gasteiger partial charge in [0.15, 0.2) is 0 Å². The maximum absolute atomic E-state index is 9.92. The molecule has 68 heavy (non-hydrogen) atoms. The van der Waals surface area contributed by atoms with Gasteiger partial charge in [-0.2, -0.15) is 0 Å². The molecule has 18 heteroatoms. The molecule has 8 aromatic rings.